The zero-order valence-electron chi connectivity index (χ0n) is 44.0. The van der Waals surface area contributed by atoms with Gasteiger partial charge >= 0.3 is 0 Å². The molecule has 0 saturated heterocycles. The molecule has 0 bridgehead atoms. The third-order valence-corrected chi connectivity index (χ3v) is 22.9. The van der Waals surface area contributed by atoms with Crippen molar-refractivity contribution in [1.29, 1.82) is 0 Å². The minimum atomic E-state index is -0.368. The molecule has 0 spiro atoms. The van der Waals surface area contributed by atoms with Gasteiger partial charge in [0.2, 0.25) is 0 Å². The van der Waals surface area contributed by atoms with Gasteiger partial charge in [0.25, 0.3) is 0 Å². The van der Waals surface area contributed by atoms with E-state index in [2.05, 4.69) is 129 Å². The molecule has 0 heterocycles. The molecule has 1 unspecified atom stereocenters. The van der Waals surface area contributed by atoms with E-state index in [1.54, 1.807) is 0 Å². The van der Waals surface area contributed by atoms with Crippen LogP contribution in [0, 0.1) is 102 Å². The molecule has 3 nitrogen and oxygen atoms in total. The van der Waals surface area contributed by atoms with E-state index in [4.69, 9.17) is 0 Å². The van der Waals surface area contributed by atoms with Crippen molar-refractivity contribution in [2.75, 3.05) is 0 Å². The first-order chi connectivity index (χ1) is 29.2. The monoisotopic (exact) mass is 869 g/mol. The normalized spacial score (nSPS) is 45.4. The molecule has 8 rings (SSSR count). The number of hydrogen-bond acceptors (Lipinski definition) is 3. The first kappa shape index (κ1) is 49.4. The molecule has 0 aromatic carbocycles. The second-order valence-corrected chi connectivity index (χ2v) is 27.9. The van der Waals surface area contributed by atoms with E-state index < -0.39 is 0 Å². The highest BCUT2D eigenvalue weighted by atomic mass is 16.3. The van der Waals surface area contributed by atoms with Crippen molar-refractivity contribution in [3.8, 4) is 0 Å². The molecule has 3 N–H and O–H groups in total. The summed E-state index contributed by atoms with van der Waals surface area (Å²) in [6, 6.07) is 0. The van der Waals surface area contributed by atoms with Gasteiger partial charge in [-0.05, 0) is 168 Å². The molecule has 3 heteroatoms. The number of fused-ring (bicyclic) bond motifs is 10. The molecule has 4 fully saturated rings. The minimum Gasteiger partial charge on any atom is -0.512 e. The molecule has 4 saturated carbocycles. The molecule has 63 heavy (non-hydrogen) atoms. The summed E-state index contributed by atoms with van der Waals surface area (Å²) in [5.74, 6) is 7.25. The lowest BCUT2D eigenvalue weighted by Crippen LogP contribution is -2.64. The van der Waals surface area contributed by atoms with Crippen LogP contribution in [-0.2, 0) is 0 Å². The topological polar surface area (TPSA) is 60.7 Å². The predicted octanol–water partition coefficient (Wildman–Crippen LogP) is 17.2. The van der Waals surface area contributed by atoms with Gasteiger partial charge in [0.1, 0.15) is 0 Å². The maximum atomic E-state index is 11.9. The summed E-state index contributed by atoms with van der Waals surface area (Å²) in [7, 11) is 0. The van der Waals surface area contributed by atoms with Gasteiger partial charge in [0.15, 0.2) is 0 Å². The van der Waals surface area contributed by atoms with Crippen molar-refractivity contribution < 1.29 is 15.3 Å². The van der Waals surface area contributed by atoms with E-state index in [9.17, 15) is 15.3 Å². The smallest absolute Gasteiger partial charge is 0.0961 e. The van der Waals surface area contributed by atoms with E-state index in [1.165, 1.54) is 94.6 Å². The standard InChI is InChI=1S/C30H50O2.C30H50O/c1-19(2)10-9-11-20(3)21-14-17-28(6)24-13-12-22-26(23(31)15-16-27(22,4)5)30(24,8)25(32)18-29(21,28)7;1-20(2)10-9-11-21(3)22-14-17-30(8)25-13-12-23-26(24(31)15-16-27(23,4)5)28(25,6)18-19-29(22,30)7/h12,15,19-21,24-26,31-32H,9-11,13-14,16-18H2,1-8H3;12,15,20-22,25-26,31H,9-11,13-14,16-19H2,1-8H3/t20-,21-,24+,25?,26+,28+,29-,30+;21-,22-,25-,26+,28-,29-,30+/m11/s1. The van der Waals surface area contributed by atoms with Crippen molar-refractivity contribution in [2.45, 2.75) is 226 Å². The summed E-state index contributed by atoms with van der Waals surface area (Å²) in [6.07, 6.45) is 30.0. The molecule has 8 aliphatic rings. The SMILES string of the molecule is CC(C)CCC[C@@H](C)[C@H]1CC[C@@]2(C)[C@@H]3CC=C4[C@@H](C(O)=CCC4(C)C)[C@]3(C)C(O)C[C@]12C.CC(C)CCC[C@@H](C)[C@H]1CC[C@@]2(C)[C@@H]3CC=C4[C@@H](C(O)=CCC4(C)C)[C@]3(C)CC[C@]12C. The van der Waals surface area contributed by atoms with Crippen LogP contribution in [0.2, 0.25) is 0 Å². The quantitative estimate of drug-likeness (QED) is 0.192. The second kappa shape index (κ2) is 16.9. The molecule has 8 aliphatic carbocycles. The largest absolute Gasteiger partial charge is 0.512 e. The fraction of sp³-hybridized carbons (Fsp3) is 0.867. The van der Waals surface area contributed by atoms with Gasteiger partial charge in [-0.1, -0.05) is 173 Å². The number of hydrogen-bond donors (Lipinski definition) is 3. The molecule has 0 aromatic heterocycles. The Bertz CT molecular complexity index is 1810. The fourth-order valence-corrected chi connectivity index (χ4v) is 18.6. The summed E-state index contributed by atoms with van der Waals surface area (Å²) in [4.78, 5) is 0. The van der Waals surface area contributed by atoms with Crippen molar-refractivity contribution in [1.82, 2.24) is 0 Å². The number of rotatable bonds is 10. The summed E-state index contributed by atoms with van der Waals surface area (Å²) in [5, 5.41) is 34.2. The van der Waals surface area contributed by atoms with Crippen LogP contribution in [0.4, 0.5) is 0 Å². The molecule has 0 amide bonds. The van der Waals surface area contributed by atoms with E-state index in [0.29, 0.717) is 46.0 Å². The molecule has 15 atom stereocenters. The van der Waals surface area contributed by atoms with E-state index in [0.717, 1.165) is 49.4 Å². The molecule has 0 radical (unpaired) electrons. The molecular formula is C60H100O3. The minimum absolute atomic E-state index is 0.0242. The maximum absolute atomic E-state index is 11.9. The molecule has 0 aromatic rings. The highest BCUT2D eigenvalue weighted by Gasteiger charge is 2.71. The van der Waals surface area contributed by atoms with Crippen LogP contribution in [0.5, 0.6) is 0 Å². The Morgan fingerprint density at radius 1 is 0.524 bits per heavy atom. The summed E-state index contributed by atoms with van der Waals surface area (Å²) >= 11 is 0. The molecular weight excluding hydrogens is 769 g/mol. The third kappa shape index (κ3) is 7.66. The van der Waals surface area contributed by atoms with Gasteiger partial charge in [-0.2, -0.15) is 0 Å². The number of aliphatic hydroxyl groups excluding tert-OH is 3. The van der Waals surface area contributed by atoms with E-state index in [1.807, 2.05) is 6.08 Å². The third-order valence-electron chi connectivity index (χ3n) is 22.9. The van der Waals surface area contributed by atoms with Crippen LogP contribution in [0.1, 0.15) is 220 Å². The molecule has 358 valence electrons. The Kier molecular flexibility index (Phi) is 13.3. The Balaban J connectivity index is 0.000000189. The highest BCUT2D eigenvalue weighted by Crippen LogP contribution is 2.77. The van der Waals surface area contributed by atoms with Gasteiger partial charge < -0.3 is 15.3 Å². The van der Waals surface area contributed by atoms with E-state index >= 15 is 0 Å². The van der Waals surface area contributed by atoms with Crippen molar-refractivity contribution in [3.05, 3.63) is 47.0 Å². The van der Waals surface area contributed by atoms with Gasteiger partial charge in [-0.3, -0.25) is 0 Å². The zero-order valence-corrected chi connectivity index (χ0v) is 44.0. The van der Waals surface area contributed by atoms with Gasteiger partial charge in [0.05, 0.1) is 17.6 Å². The van der Waals surface area contributed by atoms with Crippen LogP contribution in [-0.4, -0.2) is 21.4 Å². The lowest BCUT2D eigenvalue weighted by atomic mass is 9.38. The predicted molar refractivity (Wildman–Crippen MR) is 267 cm³/mol. The summed E-state index contributed by atoms with van der Waals surface area (Å²) in [6.45, 7) is 39.1. The first-order valence-electron chi connectivity index (χ1n) is 27.0. The number of aliphatic hydroxyl groups is 3. The Morgan fingerprint density at radius 2 is 0.968 bits per heavy atom. The zero-order chi connectivity index (χ0) is 46.5. The van der Waals surface area contributed by atoms with Crippen LogP contribution < -0.4 is 0 Å². The second-order valence-electron chi connectivity index (χ2n) is 27.9. The fourth-order valence-electron chi connectivity index (χ4n) is 18.6. The lowest BCUT2D eigenvalue weighted by molar-refractivity contribution is -0.197. The van der Waals surface area contributed by atoms with Gasteiger partial charge in [0, 0.05) is 17.3 Å². The number of allylic oxidation sites excluding steroid dienone is 6. The lowest BCUT2D eigenvalue weighted by Gasteiger charge is -2.66. The van der Waals surface area contributed by atoms with Crippen LogP contribution >= 0.6 is 0 Å². The van der Waals surface area contributed by atoms with Crippen molar-refractivity contribution >= 4 is 0 Å². The average Bonchev–Trinajstić information content (AvgIpc) is 3.63. The Morgan fingerprint density at radius 3 is 1.48 bits per heavy atom. The van der Waals surface area contributed by atoms with E-state index in [-0.39, 0.29) is 50.4 Å². The Labute approximate surface area is 389 Å². The first-order valence-corrected chi connectivity index (χ1v) is 27.0. The van der Waals surface area contributed by atoms with Crippen LogP contribution in [0.15, 0.2) is 47.0 Å². The van der Waals surface area contributed by atoms with Gasteiger partial charge in [-0.15, -0.1) is 0 Å². The highest BCUT2D eigenvalue weighted by molar-refractivity contribution is 5.38. The van der Waals surface area contributed by atoms with Crippen molar-refractivity contribution in [2.24, 2.45) is 102 Å². The summed E-state index contributed by atoms with van der Waals surface area (Å²) in [5.41, 5.74) is 4.30. The van der Waals surface area contributed by atoms with Crippen LogP contribution in [0.3, 0.4) is 0 Å². The van der Waals surface area contributed by atoms with Crippen molar-refractivity contribution in [3.63, 3.8) is 0 Å². The summed E-state index contributed by atoms with van der Waals surface area (Å²) < 4.78 is 0. The van der Waals surface area contributed by atoms with Crippen LogP contribution in [0.25, 0.3) is 0 Å². The average molecular weight is 869 g/mol. The maximum Gasteiger partial charge on any atom is 0.0961 e. The Hall–Kier alpha value is -1.48. The van der Waals surface area contributed by atoms with Gasteiger partial charge in [-0.25, -0.2) is 0 Å². The molecule has 0 aliphatic heterocycles.